The van der Waals surface area contributed by atoms with E-state index in [0.717, 1.165) is 5.56 Å². The zero-order valence-corrected chi connectivity index (χ0v) is 10.1. The van der Waals surface area contributed by atoms with E-state index >= 15 is 0 Å². The van der Waals surface area contributed by atoms with E-state index in [9.17, 15) is 4.79 Å². The Morgan fingerprint density at radius 1 is 1.53 bits per heavy atom. The summed E-state index contributed by atoms with van der Waals surface area (Å²) in [5.41, 5.74) is 1.38. The van der Waals surface area contributed by atoms with Crippen molar-refractivity contribution in [2.45, 2.75) is 6.54 Å². The fraction of sp³-hybridized carbons (Fsp3) is 0.167. The summed E-state index contributed by atoms with van der Waals surface area (Å²) in [4.78, 5) is 17.0. The van der Waals surface area contributed by atoms with E-state index in [-0.39, 0.29) is 5.56 Å². The molecule has 2 heterocycles. The molecule has 17 heavy (non-hydrogen) atoms. The maximum Gasteiger partial charge on any atom is 0.339 e. The average molecular weight is 248 g/mol. The van der Waals surface area contributed by atoms with Crippen molar-refractivity contribution < 1.29 is 9.90 Å². The number of aromatic carboxylic acids is 1. The molecule has 88 valence electrons. The first-order chi connectivity index (χ1) is 8.18. The van der Waals surface area contributed by atoms with Gasteiger partial charge in [0.1, 0.15) is 11.4 Å². The summed E-state index contributed by atoms with van der Waals surface area (Å²) < 4.78 is 0. The number of hydrogen-bond acceptors (Lipinski definition) is 4. The lowest BCUT2D eigenvalue weighted by atomic mass is 10.2. The highest BCUT2D eigenvalue weighted by atomic mass is 32.1. The van der Waals surface area contributed by atoms with E-state index in [1.165, 1.54) is 0 Å². The molecule has 2 aromatic rings. The molecule has 0 aliphatic carbocycles. The van der Waals surface area contributed by atoms with Gasteiger partial charge in [0.25, 0.3) is 0 Å². The standard InChI is InChI=1S/C12H12N2O2S/c1-14(7-9-4-6-17-8-9)11-10(12(15)16)3-2-5-13-11/h2-6,8H,7H2,1H3,(H,15,16). The second-order valence-electron chi connectivity index (χ2n) is 3.67. The lowest BCUT2D eigenvalue weighted by molar-refractivity contribution is 0.0697. The molecule has 0 unspecified atom stereocenters. The van der Waals surface area contributed by atoms with Gasteiger partial charge < -0.3 is 10.0 Å². The minimum atomic E-state index is -0.953. The van der Waals surface area contributed by atoms with Crippen LogP contribution in [0.2, 0.25) is 0 Å². The Kier molecular flexibility index (Phi) is 3.39. The molecule has 4 nitrogen and oxygen atoms in total. The summed E-state index contributed by atoms with van der Waals surface area (Å²) in [6.07, 6.45) is 1.60. The van der Waals surface area contributed by atoms with Crippen molar-refractivity contribution in [3.05, 3.63) is 46.3 Å². The van der Waals surface area contributed by atoms with Crippen molar-refractivity contribution in [3.63, 3.8) is 0 Å². The maximum atomic E-state index is 11.1. The Balaban J connectivity index is 2.24. The number of carboxylic acids is 1. The van der Waals surface area contributed by atoms with Gasteiger partial charge in [0.05, 0.1) is 0 Å². The van der Waals surface area contributed by atoms with Gasteiger partial charge in [0, 0.05) is 19.8 Å². The molecule has 0 saturated heterocycles. The van der Waals surface area contributed by atoms with Crippen LogP contribution in [-0.2, 0) is 6.54 Å². The second kappa shape index (κ2) is 4.97. The van der Waals surface area contributed by atoms with Crippen LogP contribution in [0.4, 0.5) is 5.82 Å². The maximum absolute atomic E-state index is 11.1. The molecule has 1 N–H and O–H groups in total. The fourth-order valence-electron chi connectivity index (χ4n) is 1.60. The molecule has 0 amide bonds. The topological polar surface area (TPSA) is 53.4 Å². The fourth-order valence-corrected chi connectivity index (χ4v) is 2.26. The molecule has 0 aliphatic heterocycles. The summed E-state index contributed by atoms with van der Waals surface area (Å²) in [5, 5.41) is 13.1. The smallest absolute Gasteiger partial charge is 0.339 e. The van der Waals surface area contributed by atoms with Crippen LogP contribution < -0.4 is 4.90 Å². The van der Waals surface area contributed by atoms with Crippen LogP contribution in [0.3, 0.4) is 0 Å². The number of aromatic nitrogens is 1. The average Bonchev–Trinajstić information content (AvgIpc) is 2.81. The van der Waals surface area contributed by atoms with Crippen molar-refractivity contribution in [1.82, 2.24) is 4.98 Å². The quantitative estimate of drug-likeness (QED) is 0.903. The number of rotatable bonds is 4. The molecular formula is C12H12N2O2S. The molecule has 0 aliphatic rings. The highest BCUT2D eigenvalue weighted by Crippen LogP contribution is 2.18. The van der Waals surface area contributed by atoms with Crippen LogP contribution >= 0.6 is 11.3 Å². The van der Waals surface area contributed by atoms with Gasteiger partial charge in [-0.15, -0.1) is 0 Å². The monoisotopic (exact) mass is 248 g/mol. The van der Waals surface area contributed by atoms with Crippen LogP contribution in [-0.4, -0.2) is 23.1 Å². The largest absolute Gasteiger partial charge is 0.478 e. The van der Waals surface area contributed by atoms with E-state index in [0.29, 0.717) is 12.4 Å². The first-order valence-corrected chi connectivity index (χ1v) is 6.03. The minimum Gasteiger partial charge on any atom is -0.478 e. The first-order valence-electron chi connectivity index (χ1n) is 5.09. The molecule has 0 atom stereocenters. The third-order valence-electron chi connectivity index (χ3n) is 2.38. The van der Waals surface area contributed by atoms with Gasteiger partial charge in [0.2, 0.25) is 0 Å². The minimum absolute atomic E-state index is 0.227. The molecule has 2 aromatic heterocycles. The molecule has 0 fully saturated rings. The molecule has 0 spiro atoms. The van der Waals surface area contributed by atoms with Crippen molar-refractivity contribution in [2.24, 2.45) is 0 Å². The Hall–Kier alpha value is -1.88. The van der Waals surface area contributed by atoms with E-state index in [1.54, 1.807) is 29.7 Å². The Morgan fingerprint density at radius 3 is 3.00 bits per heavy atom. The molecule has 0 aromatic carbocycles. The molecule has 0 radical (unpaired) electrons. The van der Waals surface area contributed by atoms with E-state index < -0.39 is 5.97 Å². The van der Waals surface area contributed by atoms with Crippen molar-refractivity contribution in [2.75, 3.05) is 11.9 Å². The van der Waals surface area contributed by atoms with E-state index in [2.05, 4.69) is 4.98 Å². The van der Waals surface area contributed by atoms with Gasteiger partial charge >= 0.3 is 5.97 Å². The van der Waals surface area contributed by atoms with Gasteiger partial charge in [0.15, 0.2) is 0 Å². The lowest BCUT2D eigenvalue weighted by Gasteiger charge is -2.19. The second-order valence-corrected chi connectivity index (χ2v) is 4.45. The number of hydrogen-bond donors (Lipinski definition) is 1. The van der Waals surface area contributed by atoms with Crippen LogP contribution in [0.1, 0.15) is 15.9 Å². The van der Waals surface area contributed by atoms with Gasteiger partial charge in [-0.25, -0.2) is 9.78 Å². The van der Waals surface area contributed by atoms with Gasteiger partial charge in [-0.1, -0.05) is 0 Å². The Labute approximate surface area is 103 Å². The van der Waals surface area contributed by atoms with Gasteiger partial charge in [-0.05, 0) is 34.5 Å². The van der Waals surface area contributed by atoms with Crippen LogP contribution in [0, 0.1) is 0 Å². The number of carboxylic acid groups (broad SMARTS) is 1. The summed E-state index contributed by atoms with van der Waals surface area (Å²) in [6, 6.07) is 5.21. The highest BCUT2D eigenvalue weighted by Gasteiger charge is 2.14. The van der Waals surface area contributed by atoms with Gasteiger partial charge in [-0.2, -0.15) is 11.3 Å². The third kappa shape index (κ3) is 2.62. The van der Waals surface area contributed by atoms with Crippen molar-refractivity contribution in [3.8, 4) is 0 Å². The van der Waals surface area contributed by atoms with Crippen LogP contribution in [0.25, 0.3) is 0 Å². The SMILES string of the molecule is CN(Cc1ccsc1)c1ncccc1C(=O)O. The molecule has 2 rings (SSSR count). The van der Waals surface area contributed by atoms with Crippen LogP contribution in [0.5, 0.6) is 0 Å². The number of anilines is 1. The number of carbonyl (C=O) groups is 1. The highest BCUT2D eigenvalue weighted by molar-refractivity contribution is 7.07. The number of thiophene rings is 1. The predicted octanol–water partition coefficient (Wildman–Crippen LogP) is 2.48. The predicted molar refractivity (Wildman–Crippen MR) is 67.6 cm³/mol. The number of nitrogens with zero attached hydrogens (tertiary/aromatic N) is 2. The molecule has 0 bridgehead atoms. The summed E-state index contributed by atoms with van der Waals surface area (Å²) >= 11 is 1.62. The lowest BCUT2D eigenvalue weighted by Crippen LogP contribution is -2.20. The zero-order valence-electron chi connectivity index (χ0n) is 9.33. The molecule has 5 heteroatoms. The zero-order chi connectivity index (χ0) is 12.3. The third-order valence-corrected chi connectivity index (χ3v) is 3.11. The number of pyridine rings is 1. The summed E-state index contributed by atoms with van der Waals surface area (Å²) in [6.45, 7) is 0.654. The summed E-state index contributed by atoms with van der Waals surface area (Å²) in [5.74, 6) is -0.462. The molecular weight excluding hydrogens is 236 g/mol. The van der Waals surface area contributed by atoms with E-state index in [1.807, 2.05) is 28.8 Å². The van der Waals surface area contributed by atoms with Crippen LogP contribution in [0.15, 0.2) is 35.2 Å². The summed E-state index contributed by atoms with van der Waals surface area (Å²) in [7, 11) is 1.84. The Bertz CT molecular complexity index is 511. The van der Waals surface area contributed by atoms with Gasteiger partial charge in [-0.3, -0.25) is 0 Å². The molecule has 0 saturated carbocycles. The normalized spacial score (nSPS) is 10.2. The first kappa shape index (κ1) is 11.6. The van der Waals surface area contributed by atoms with E-state index in [4.69, 9.17) is 5.11 Å². The van der Waals surface area contributed by atoms with Crippen molar-refractivity contribution >= 4 is 23.1 Å². The Morgan fingerprint density at radius 2 is 2.35 bits per heavy atom. The van der Waals surface area contributed by atoms with Crippen molar-refractivity contribution in [1.29, 1.82) is 0 Å².